The van der Waals surface area contributed by atoms with E-state index in [-0.39, 0.29) is 6.61 Å². The van der Waals surface area contributed by atoms with Crippen molar-refractivity contribution >= 4 is 0 Å². The first-order chi connectivity index (χ1) is 6.79. The monoisotopic (exact) mass is 205 g/mol. The summed E-state index contributed by atoms with van der Waals surface area (Å²) in [5.41, 5.74) is 0. The van der Waals surface area contributed by atoms with E-state index in [0.29, 0.717) is 13.1 Å². The minimum absolute atomic E-state index is 0.283. The lowest BCUT2D eigenvalue weighted by atomic mass is 10.4. The van der Waals surface area contributed by atoms with Gasteiger partial charge in [-0.15, -0.1) is 0 Å². The number of furan rings is 1. The third-order valence-electron chi connectivity index (χ3n) is 1.55. The van der Waals surface area contributed by atoms with E-state index in [1.165, 1.54) is 0 Å². The van der Waals surface area contributed by atoms with Crippen molar-refractivity contribution in [3.05, 3.63) is 24.2 Å². The lowest BCUT2D eigenvalue weighted by Crippen LogP contribution is -2.20. The maximum Gasteiger partial charge on any atom is 0.261 e. The van der Waals surface area contributed by atoms with Gasteiger partial charge in [-0.25, -0.2) is 8.78 Å². The van der Waals surface area contributed by atoms with Crippen LogP contribution < -0.4 is 5.32 Å². The average molecular weight is 205 g/mol. The van der Waals surface area contributed by atoms with E-state index in [1.54, 1.807) is 12.3 Å². The van der Waals surface area contributed by atoms with Crippen LogP contribution in [0.25, 0.3) is 0 Å². The Bertz CT molecular complexity index is 227. The molecule has 0 atom stereocenters. The summed E-state index contributed by atoms with van der Waals surface area (Å²) in [4.78, 5) is 0. The maximum absolute atomic E-state index is 11.6. The third-order valence-corrected chi connectivity index (χ3v) is 1.55. The van der Waals surface area contributed by atoms with E-state index in [0.717, 1.165) is 5.76 Å². The molecular weight excluding hydrogens is 192 g/mol. The number of ether oxygens (including phenoxy) is 1. The Morgan fingerprint density at radius 3 is 3.00 bits per heavy atom. The molecule has 3 nitrogen and oxygen atoms in total. The molecule has 80 valence electrons. The molecule has 0 aliphatic rings. The van der Waals surface area contributed by atoms with Gasteiger partial charge in [-0.1, -0.05) is 0 Å². The fraction of sp³-hybridized carbons (Fsp3) is 0.556. The van der Waals surface area contributed by atoms with Crippen LogP contribution in [0.4, 0.5) is 8.78 Å². The standard InChI is InChI=1S/C9H13F2NO2/c10-9(11)7-13-5-3-12-6-8-2-1-4-14-8/h1-2,4,9,12H,3,5-7H2. The molecule has 0 aliphatic carbocycles. The van der Waals surface area contributed by atoms with E-state index in [2.05, 4.69) is 10.1 Å². The molecule has 0 amide bonds. The van der Waals surface area contributed by atoms with Crippen molar-refractivity contribution in [3.8, 4) is 0 Å². The van der Waals surface area contributed by atoms with Gasteiger partial charge in [0.1, 0.15) is 12.4 Å². The lowest BCUT2D eigenvalue weighted by Gasteiger charge is -2.03. The molecule has 1 aromatic rings. The zero-order chi connectivity index (χ0) is 10.2. The van der Waals surface area contributed by atoms with Gasteiger partial charge in [0.2, 0.25) is 0 Å². The predicted octanol–water partition coefficient (Wildman–Crippen LogP) is 1.65. The molecule has 0 aromatic carbocycles. The van der Waals surface area contributed by atoms with Gasteiger partial charge in [-0.3, -0.25) is 0 Å². The minimum Gasteiger partial charge on any atom is -0.468 e. The summed E-state index contributed by atoms with van der Waals surface area (Å²) in [5.74, 6) is 0.818. The number of halogens is 2. The molecule has 0 radical (unpaired) electrons. The molecule has 0 saturated carbocycles. The first-order valence-electron chi connectivity index (χ1n) is 4.38. The topological polar surface area (TPSA) is 34.4 Å². The van der Waals surface area contributed by atoms with Crippen molar-refractivity contribution in [2.75, 3.05) is 19.8 Å². The van der Waals surface area contributed by atoms with Gasteiger partial charge in [0, 0.05) is 6.54 Å². The molecule has 0 aliphatic heterocycles. The highest BCUT2D eigenvalue weighted by Crippen LogP contribution is 1.98. The van der Waals surface area contributed by atoms with Gasteiger partial charge in [-0.2, -0.15) is 0 Å². The normalized spacial score (nSPS) is 11.1. The van der Waals surface area contributed by atoms with E-state index < -0.39 is 13.0 Å². The van der Waals surface area contributed by atoms with Gasteiger partial charge in [0.05, 0.1) is 19.4 Å². The van der Waals surface area contributed by atoms with Crippen molar-refractivity contribution in [1.82, 2.24) is 5.32 Å². The number of hydrogen-bond acceptors (Lipinski definition) is 3. The Kier molecular flexibility index (Phi) is 5.17. The Hall–Kier alpha value is -0.940. The van der Waals surface area contributed by atoms with Crippen LogP contribution in [0, 0.1) is 0 Å². The number of hydrogen-bond donors (Lipinski definition) is 1. The van der Waals surface area contributed by atoms with E-state index in [9.17, 15) is 8.78 Å². The van der Waals surface area contributed by atoms with Crippen LogP contribution in [-0.2, 0) is 11.3 Å². The number of nitrogens with one attached hydrogen (secondary N) is 1. The van der Waals surface area contributed by atoms with Crippen LogP contribution in [0.2, 0.25) is 0 Å². The highest BCUT2D eigenvalue weighted by Gasteiger charge is 2.00. The summed E-state index contributed by atoms with van der Waals surface area (Å²) in [6.45, 7) is 0.909. The largest absolute Gasteiger partial charge is 0.468 e. The zero-order valence-electron chi connectivity index (χ0n) is 7.71. The lowest BCUT2D eigenvalue weighted by molar-refractivity contribution is 0.0186. The number of rotatable bonds is 7. The Balaban J connectivity index is 1.90. The SMILES string of the molecule is FC(F)COCCNCc1ccco1. The highest BCUT2D eigenvalue weighted by atomic mass is 19.3. The Labute approximate surface area is 81.0 Å². The quantitative estimate of drug-likeness (QED) is 0.687. The van der Waals surface area contributed by atoms with E-state index in [1.807, 2.05) is 6.07 Å². The second-order valence-electron chi connectivity index (χ2n) is 2.72. The molecule has 14 heavy (non-hydrogen) atoms. The van der Waals surface area contributed by atoms with Crippen LogP contribution in [-0.4, -0.2) is 26.2 Å². The fourth-order valence-electron chi connectivity index (χ4n) is 0.942. The molecule has 1 N–H and O–H groups in total. The van der Waals surface area contributed by atoms with Gasteiger partial charge >= 0.3 is 0 Å². The van der Waals surface area contributed by atoms with Crippen LogP contribution in [0.15, 0.2) is 22.8 Å². The summed E-state index contributed by atoms with van der Waals surface area (Å²) in [6.07, 6.45) is -0.801. The van der Waals surface area contributed by atoms with Crippen LogP contribution >= 0.6 is 0 Å². The summed E-state index contributed by atoms with van der Waals surface area (Å²) >= 11 is 0. The van der Waals surface area contributed by atoms with Gasteiger partial charge in [0.15, 0.2) is 0 Å². The molecule has 0 fully saturated rings. The van der Waals surface area contributed by atoms with Crippen LogP contribution in [0.3, 0.4) is 0 Å². The van der Waals surface area contributed by atoms with Crippen molar-refractivity contribution in [2.24, 2.45) is 0 Å². The molecule has 0 unspecified atom stereocenters. The summed E-state index contributed by atoms with van der Waals surface area (Å²) in [5, 5.41) is 3.00. The fourth-order valence-corrected chi connectivity index (χ4v) is 0.942. The van der Waals surface area contributed by atoms with Crippen molar-refractivity contribution in [1.29, 1.82) is 0 Å². The first-order valence-corrected chi connectivity index (χ1v) is 4.38. The van der Waals surface area contributed by atoms with Crippen molar-refractivity contribution in [3.63, 3.8) is 0 Å². The van der Waals surface area contributed by atoms with E-state index in [4.69, 9.17) is 4.42 Å². The summed E-state index contributed by atoms with van der Waals surface area (Å²) < 4.78 is 32.9. The smallest absolute Gasteiger partial charge is 0.261 e. The van der Waals surface area contributed by atoms with Crippen molar-refractivity contribution < 1.29 is 17.9 Å². The minimum atomic E-state index is -2.39. The van der Waals surface area contributed by atoms with Crippen LogP contribution in [0.1, 0.15) is 5.76 Å². The number of alkyl halides is 2. The van der Waals surface area contributed by atoms with Crippen LogP contribution in [0.5, 0.6) is 0 Å². The molecule has 5 heteroatoms. The molecular formula is C9H13F2NO2. The maximum atomic E-state index is 11.6. The zero-order valence-corrected chi connectivity index (χ0v) is 7.71. The molecule has 0 saturated heterocycles. The highest BCUT2D eigenvalue weighted by molar-refractivity contribution is 4.97. The second kappa shape index (κ2) is 6.50. The molecule has 1 aromatic heterocycles. The molecule has 0 bridgehead atoms. The van der Waals surface area contributed by atoms with Crippen molar-refractivity contribution in [2.45, 2.75) is 13.0 Å². The molecule has 1 rings (SSSR count). The summed E-state index contributed by atoms with van der Waals surface area (Å²) in [6, 6.07) is 3.64. The van der Waals surface area contributed by atoms with Gasteiger partial charge in [0.25, 0.3) is 6.43 Å². The molecule has 1 heterocycles. The van der Waals surface area contributed by atoms with Gasteiger partial charge < -0.3 is 14.5 Å². The molecule has 0 spiro atoms. The van der Waals surface area contributed by atoms with Gasteiger partial charge in [-0.05, 0) is 12.1 Å². The summed E-state index contributed by atoms with van der Waals surface area (Å²) in [7, 11) is 0. The van der Waals surface area contributed by atoms with E-state index >= 15 is 0 Å². The average Bonchev–Trinajstić information content (AvgIpc) is 2.63. The first kappa shape index (κ1) is 11.1. The Morgan fingerprint density at radius 2 is 2.36 bits per heavy atom. The third kappa shape index (κ3) is 4.94. The Morgan fingerprint density at radius 1 is 1.50 bits per heavy atom. The predicted molar refractivity (Wildman–Crippen MR) is 47.2 cm³/mol. The second-order valence-corrected chi connectivity index (χ2v) is 2.72.